The number of benzene rings is 2. The van der Waals surface area contributed by atoms with Crippen molar-refractivity contribution in [1.29, 1.82) is 0 Å². The van der Waals surface area contributed by atoms with Gasteiger partial charge in [0.05, 0.1) is 4.90 Å². The number of rotatable bonds is 4. The van der Waals surface area contributed by atoms with Crippen LogP contribution in [0.3, 0.4) is 0 Å². The van der Waals surface area contributed by atoms with Crippen LogP contribution in [0.2, 0.25) is 5.02 Å². The zero-order valence-electron chi connectivity index (χ0n) is 10.6. The van der Waals surface area contributed by atoms with E-state index in [0.29, 0.717) is 21.7 Å². The largest absolute Gasteiger partial charge is 0.380 e. The molecule has 0 bridgehead atoms. The van der Waals surface area contributed by atoms with Gasteiger partial charge >= 0.3 is 0 Å². The molecule has 2 rings (SSSR count). The lowest BCUT2D eigenvalue weighted by molar-refractivity contribution is 0.597. The number of halogens is 3. The van der Waals surface area contributed by atoms with Crippen LogP contribution in [0.15, 0.2) is 45.8 Å². The van der Waals surface area contributed by atoms with Gasteiger partial charge in [-0.05, 0) is 51.8 Å². The van der Waals surface area contributed by atoms with Gasteiger partial charge in [-0.1, -0.05) is 17.7 Å². The summed E-state index contributed by atoms with van der Waals surface area (Å²) >= 11 is 9.20. The number of nitrogens with one attached hydrogen (secondary N) is 1. The van der Waals surface area contributed by atoms with Crippen molar-refractivity contribution in [3.05, 3.63) is 57.3 Å². The maximum atomic E-state index is 12.9. The quantitative estimate of drug-likeness (QED) is 0.835. The van der Waals surface area contributed by atoms with Crippen LogP contribution in [0, 0.1) is 5.82 Å². The summed E-state index contributed by atoms with van der Waals surface area (Å²) in [6.45, 7) is 0.367. The second kappa shape index (κ2) is 6.31. The Morgan fingerprint density at radius 1 is 1.24 bits per heavy atom. The summed E-state index contributed by atoms with van der Waals surface area (Å²) in [7, 11) is -3.74. The molecule has 112 valence electrons. The van der Waals surface area contributed by atoms with Crippen molar-refractivity contribution >= 4 is 43.2 Å². The first kappa shape index (κ1) is 16.2. The molecule has 0 heterocycles. The highest BCUT2D eigenvalue weighted by Crippen LogP contribution is 2.26. The zero-order chi connectivity index (χ0) is 15.6. The number of primary sulfonamides is 1. The first-order valence-corrected chi connectivity index (χ1v) is 8.49. The van der Waals surface area contributed by atoms with Gasteiger partial charge in [-0.3, -0.25) is 0 Å². The Labute approximate surface area is 135 Å². The lowest BCUT2D eigenvalue weighted by atomic mass is 10.2. The van der Waals surface area contributed by atoms with E-state index in [1.54, 1.807) is 12.1 Å². The fourth-order valence-corrected chi connectivity index (χ4v) is 3.12. The molecule has 4 nitrogen and oxygen atoms in total. The summed E-state index contributed by atoms with van der Waals surface area (Å²) in [5.74, 6) is -0.401. The van der Waals surface area contributed by atoms with Gasteiger partial charge in [0.1, 0.15) is 5.82 Å². The first-order chi connectivity index (χ1) is 9.77. The fraction of sp³-hybridized carbons (Fsp3) is 0.0769. The average Bonchev–Trinajstić information content (AvgIpc) is 2.38. The number of sulfonamides is 1. The molecule has 0 saturated heterocycles. The molecule has 2 aromatic carbocycles. The monoisotopic (exact) mass is 392 g/mol. The van der Waals surface area contributed by atoms with E-state index in [1.807, 2.05) is 0 Å². The third kappa shape index (κ3) is 4.16. The van der Waals surface area contributed by atoms with E-state index in [0.717, 1.165) is 5.56 Å². The molecular formula is C13H11BrClFN2O2S. The van der Waals surface area contributed by atoms with Gasteiger partial charge in [-0.25, -0.2) is 17.9 Å². The van der Waals surface area contributed by atoms with E-state index < -0.39 is 15.8 Å². The van der Waals surface area contributed by atoms with Gasteiger partial charge in [-0.15, -0.1) is 0 Å². The SMILES string of the molecule is NS(=O)(=O)c1ccc(NCc2ccc(F)cc2Cl)c(Br)c1. The van der Waals surface area contributed by atoms with Crippen LogP contribution < -0.4 is 10.5 Å². The second-order valence-corrected chi connectivity index (χ2v) is 7.10. The molecular weight excluding hydrogens is 383 g/mol. The zero-order valence-corrected chi connectivity index (χ0v) is 13.8. The van der Waals surface area contributed by atoms with Crippen LogP contribution in [0.25, 0.3) is 0 Å². The molecule has 0 saturated carbocycles. The standard InChI is InChI=1S/C13H11BrClFN2O2S/c14-11-6-10(21(17,19)20)3-4-13(11)18-7-8-1-2-9(16)5-12(8)15/h1-6,18H,7H2,(H2,17,19,20). The molecule has 0 fully saturated rings. The lowest BCUT2D eigenvalue weighted by Crippen LogP contribution is -2.12. The van der Waals surface area contributed by atoms with Gasteiger partial charge in [0.15, 0.2) is 0 Å². The molecule has 8 heteroatoms. The maximum absolute atomic E-state index is 12.9. The molecule has 0 radical (unpaired) electrons. The summed E-state index contributed by atoms with van der Waals surface area (Å²) < 4.78 is 36.0. The Morgan fingerprint density at radius 2 is 1.95 bits per heavy atom. The molecule has 0 aliphatic rings. The molecule has 3 N–H and O–H groups in total. The van der Waals surface area contributed by atoms with Crippen LogP contribution in [-0.2, 0) is 16.6 Å². The Hall–Kier alpha value is -1.15. The van der Waals surface area contributed by atoms with Crippen molar-refractivity contribution < 1.29 is 12.8 Å². The Morgan fingerprint density at radius 3 is 2.52 bits per heavy atom. The van der Waals surface area contributed by atoms with E-state index in [2.05, 4.69) is 21.2 Å². The Kier molecular flexibility index (Phi) is 4.88. The van der Waals surface area contributed by atoms with Crippen LogP contribution in [0.1, 0.15) is 5.56 Å². The van der Waals surface area contributed by atoms with Crippen molar-refractivity contribution in [2.24, 2.45) is 5.14 Å². The van der Waals surface area contributed by atoms with Crippen LogP contribution in [0.5, 0.6) is 0 Å². The topological polar surface area (TPSA) is 72.2 Å². The Bertz CT molecular complexity index is 784. The fourth-order valence-electron chi connectivity index (χ4n) is 1.67. The highest BCUT2D eigenvalue weighted by atomic mass is 79.9. The molecule has 0 aromatic heterocycles. The normalized spacial score (nSPS) is 11.4. The molecule has 0 atom stereocenters. The van der Waals surface area contributed by atoms with E-state index in [-0.39, 0.29) is 4.90 Å². The van der Waals surface area contributed by atoms with E-state index in [4.69, 9.17) is 16.7 Å². The van der Waals surface area contributed by atoms with Crippen molar-refractivity contribution in [2.45, 2.75) is 11.4 Å². The molecule has 0 aliphatic heterocycles. The Balaban J connectivity index is 2.17. The number of nitrogens with two attached hydrogens (primary N) is 1. The van der Waals surface area contributed by atoms with Gasteiger partial charge in [0.25, 0.3) is 0 Å². The second-order valence-electron chi connectivity index (χ2n) is 4.28. The molecule has 21 heavy (non-hydrogen) atoms. The summed E-state index contributed by atoms with van der Waals surface area (Å²) in [5.41, 5.74) is 1.39. The first-order valence-electron chi connectivity index (χ1n) is 5.77. The van der Waals surface area contributed by atoms with Gasteiger partial charge in [0, 0.05) is 21.7 Å². The summed E-state index contributed by atoms with van der Waals surface area (Å²) in [6.07, 6.45) is 0. The van der Waals surface area contributed by atoms with Crippen molar-refractivity contribution in [3.8, 4) is 0 Å². The minimum absolute atomic E-state index is 0.0136. The third-order valence-electron chi connectivity index (χ3n) is 2.75. The van der Waals surface area contributed by atoms with E-state index >= 15 is 0 Å². The minimum Gasteiger partial charge on any atom is -0.380 e. The predicted molar refractivity (Wildman–Crippen MR) is 84.3 cm³/mol. The summed E-state index contributed by atoms with van der Waals surface area (Å²) in [6, 6.07) is 8.52. The van der Waals surface area contributed by atoms with Crippen LogP contribution in [0.4, 0.5) is 10.1 Å². The number of anilines is 1. The van der Waals surface area contributed by atoms with Gasteiger partial charge in [-0.2, -0.15) is 0 Å². The van der Waals surface area contributed by atoms with Crippen LogP contribution in [-0.4, -0.2) is 8.42 Å². The van der Waals surface area contributed by atoms with Gasteiger partial charge in [0.2, 0.25) is 10.0 Å². The highest BCUT2D eigenvalue weighted by molar-refractivity contribution is 9.10. The highest BCUT2D eigenvalue weighted by Gasteiger charge is 2.10. The van der Waals surface area contributed by atoms with Crippen molar-refractivity contribution in [2.75, 3.05) is 5.32 Å². The molecule has 2 aromatic rings. The molecule has 0 amide bonds. The summed E-state index contributed by atoms with van der Waals surface area (Å²) in [4.78, 5) is 0.0136. The number of hydrogen-bond donors (Lipinski definition) is 2. The van der Waals surface area contributed by atoms with Gasteiger partial charge < -0.3 is 5.32 Å². The maximum Gasteiger partial charge on any atom is 0.238 e. The molecule has 0 unspecified atom stereocenters. The van der Waals surface area contributed by atoms with E-state index in [9.17, 15) is 12.8 Å². The smallest absolute Gasteiger partial charge is 0.238 e. The van der Waals surface area contributed by atoms with Crippen molar-refractivity contribution in [3.63, 3.8) is 0 Å². The van der Waals surface area contributed by atoms with E-state index in [1.165, 1.54) is 24.3 Å². The minimum atomic E-state index is -3.74. The summed E-state index contributed by atoms with van der Waals surface area (Å²) in [5, 5.41) is 8.45. The van der Waals surface area contributed by atoms with Crippen LogP contribution >= 0.6 is 27.5 Å². The molecule has 0 aliphatic carbocycles. The lowest BCUT2D eigenvalue weighted by Gasteiger charge is -2.11. The third-order valence-corrected chi connectivity index (χ3v) is 4.67. The average molecular weight is 394 g/mol. The van der Waals surface area contributed by atoms with Crippen molar-refractivity contribution in [1.82, 2.24) is 0 Å². The predicted octanol–water partition coefficient (Wildman–Crippen LogP) is 3.50. The molecule has 0 spiro atoms. The number of hydrogen-bond acceptors (Lipinski definition) is 3.